The molecule has 0 aliphatic carbocycles. The summed E-state index contributed by atoms with van der Waals surface area (Å²) in [5.74, 6) is -0.420. The van der Waals surface area contributed by atoms with Crippen LogP contribution in [0.15, 0.2) is 54.6 Å². The number of anilines is 2. The number of ether oxygens (including phenoxy) is 2. The number of esters is 1. The lowest BCUT2D eigenvalue weighted by Gasteiger charge is -2.16. The van der Waals surface area contributed by atoms with Crippen molar-refractivity contribution in [3.63, 3.8) is 0 Å². The smallest absolute Gasteiger partial charge is 0.344 e. The van der Waals surface area contributed by atoms with Crippen LogP contribution in [0, 0.1) is 0 Å². The Labute approximate surface area is 156 Å². The van der Waals surface area contributed by atoms with Crippen molar-refractivity contribution >= 4 is 29.2 Å². The van der Waals surface area contributed by atoms with Gasteiger partial charge < -0.3 is 19.7 Å². The quantitative estimate of drug-likeness (QED) is 0.759. The Kier molecular flexibility index (Phi) is 6.04. The molecule has 140 valence electrons. The van der Waals surface area contributed by atoms with Crippen molar-refractivity contribution in [2.75, 3.05) is 30.0 Å². The monoisotopic (exact) mass is 368 g/mol. The summed E-state index contributed by atoms with van der Waals surface area (Å²) in [6.07, 6.45) is 1.43. The van der Waals surface area contributed by atoms with E-state index < -0.39 is 18.5 Å². The molecule has 2 aromatic rings. The number of para-hydroxylation sites is 1. The number of carbonyl (C=O) groups excluding carboxylic acids is 3. The number of nitrogens with one attached hydrogen (secondary N) is 1. The third-order valence-corrected chi connectivity index (χ3v) is 4.00. The maximum Gasteiger partial charge on any atom is 0.344 e. The molecular formula is C20H20N2O5. The maximum atomic E-state index is 11.9. The molecule has 2 aromatic carbocycles. The Morgan fingerprint density at radius 2 is 1.74 bits per heavy atom. The number of rotatable bonds is 7. The van der Waals surface area contributed by atoms with E-state index in [-0.39, 0.29) is 12.5 Å². The molecule has 1 aliphatic heterocycles. The molecule has 3 rings (SSSR count). The molecule has 1 N–H and O–H groups in total. The summed E-state index contributed by atoms with van der Waals surface area (Å²) in [6.45, 7) is 0.0464. The van der Waals surface area contributed by atoms with Gasteiger partial charge in [0.05, 0.1) is 0 Å². The zero-order valence-electron chi connectivity index (χ0n) is 14.7. The first-order valence-electron chi connectivity index (χ1n) is 8.65. The van der Waals surface area contributed by atoms with Crippen molar-refractivity contribution in [2.24, 2.45) is 0 Å². The molecule has 0 saturated carbocycles. The van der Waals surface area contributed by atoms with Gasteiger partial charge in [-0.3, -0.25) is 9.59 Å². The van der Waals surface area contributed by atoms with Gasteiger partial charge in [-0.2, -0.15) is 0 Å². The van der Waals surface area contributed by atoms with Crippen LogP contribution in [0.1, 0.15) is 12.8 Å². The lowest BCUT2D eigenvalue weighted by molar-refractivity contribution is -0.149. The molecular weight excluding hydrogens is 348 g/mol. The van der Waals surface area contributed by atoms with Crippen LogP contribution in [0.3, 0.4) is 0 Å². The minimum atomic E-state index is -0.628. The summed E-state index contributed by atoms with van der Waals surface area (Å²) < 4.78 is 10.1. The van der Waals surface area contributed by atoms with Crippen molar-refractivity contribution in [1.29, 1.82) is 0 Å². The predicted octanol–water partition coefficient (Wildman–Crippen LogP) is 2.37. The molecule has 1 fully saturated rings. The normalized spacial score (nSPS) is 13.3. The number of benzene rings is 2. The Bertz CT molecular complexity index is 805. The molecule has 0 spiro atoms. The Balaban J connectivity index is 1.41. The van der Waals surface area contributed by atoms with Gasteiger partial charge in [-0.25, -0.2) is 4.79 Å². The van der Waals surface area contributed by atoms with Crippen molar-refractivity contribution in [3.8, 4) is 5.75 Å². The Morgan fingerprint density at radius 3 is 2.41 bits per heavy atom. The van der Waals surface area contributed by atoms with Crippen molar-refractivity contribution in [3.05, 3.63) is 54.6 Å². The molecule has 0 radical (unpaired) electrons. The van der Waals surface area contributed by atoms with Gasteiger partial charge in [0.25, 0.3) is 5.91 Å². The molecule has 27 heavy (non-hydrogen) atoms. The van der Waals surface area contributed by atoms with E-state index >= 15 is 0 Å². The van der Waals surface area contributed by atoms with Gasteiger partial charge in [0.1, 0.15) is 5.75 Å². The highest BCUT2D eigenvalue weighted by Gasteiger charge is 2.21. The number of nitrogens with zero attached hydrogens (tertiary/aromatic N) is 1. The van der Waals surface area contributed by atoms with Crippen LogP contribution in [0.4, 0.5) is 11.4 Å². The minimum absolute atomic E-state index is 0.108. The highest BCUT2D eigenvalue weighted by atomic mass is 16.6. The lowest BCUT2D eigenvalue weighted by atomic mass is 10.2. The molecule has 7 nitrogen and oxygen atoms in total. The summed E-state index contributed by atoms with van der Waals surface area (Å²) in [4.78, 5) is 37.0. The van der Waals surface area contributed by atoms with Gasteiger partial charge in [0.2, 0.25) is 5.91 Å². The fourth-order valence-corrected chi connectivity index (χ4v) is 2.69. The van der Waals surface area contributed by atoms with Gasteiger partial charge in [-0.05, 0) is 42.8 Å². The largest absolute Gasteiger partial charge is 0.482 e. The third-order valence-electron chi connectivity index (χ3n) is 4.00. The number of carbonyl (C=O) groups is 3. The van der Waals surface area contributed by atoms with Crippen molar-refractivity contribution < 1.29 is 23.9 Å². The second-order valence-corrected chi connectivity index (χ2v) is 6.01. The maximum absolute atomic E-state index is 11.9. The Morgan fingerprint density at radius 1 is 1.00 bits per heavy atom. The fraction of sp³-hybridized carbons (Fsp3) is 0.250. The van der Waals surface area contributed by atoms with E-state index in [1.807, 2.05) is 6.07 Å². The van der Waals surface area contributed by atoms with E-state index in [1.54, 1.807) is 53.4 Å². The van der Waals surface area contributed by atoms with Crippen LogP contribution in [-0.4, -0.2) is 37.5 Å². The summed E-state index contributed by atoms with van der Waals surface area (Å²) in [6, 6.07) is 15.8. The molecule has 1 heterocycles. The van der Waals surface area contributed by atoms with Crippen LogP contribution in [-0.2, 0) is 19.1 Å². The van der Waals surface area contributed by atoms with Crippen LogP contribution in [0.25, 0.3) is 0 Å². The average Bonchev–Trinajstić information content (AvgIpc) is 3.12. The first-order valence-corrected chi connectivity index (χ1v) is 8.65. The molecule has 7 heteroatoms. The number of hydrogen-bond donors (Lipinski definition) is 1. The van der Waals surface area contributed by atoms with Crippen LogP contribution < -0.4 is 15.0 Å². The minimum Gasteiger partial charge on any atom is -0.482 e. The fourth-order valence-electron chi connectivity index (χ4n) is 2.69. The summed E-state index contributed by atoms with van der Waals surface area (Å²) in [5.41, 5.74) is 1.37. The molecule has 1 aliphatic rings. The SMILES string of the molecule is O=C(COC(=O)COc1ccccc1)Nc1ccc(N2CCCC2=O)cc1. The van der Waals surface area contributed by atoms with Gasteiger partial charge in [-0.15, -0.1) is 0 Å². The topological polar surface area (TPSA) is 84.9 Å². The molecule has 0 atom stereocenters. The molecule has 2 amide bonds. The van der Waals surface area contributed by atoms with E-state index in [1.165, 1.54) is 0 Å². The van der Waals surface area contributed by atoms with E-state index in [4.69, 9.17) is 9.47 Å². The van der Waals surface area contributed by atoms with Gasteiger partial charge in [-0.1, -0.05) is 18.2 Å². The highest BCUT2D eigenvalue weighted by Crippen LogP contribution is 2.22. The Hall–Kier alpha value is -3.35. The summed E-state index contributed by atoms with van der Waals surface area (Å²) in [7, 11) is 0. The van der Waals surface area contributed by atoms with E-state index in [0.29, 0.717) is 24.4 Å². The number of amides is 2. The molecule has 0 aromatic heterocycles. The molecule has 1 saturated heterocycles. The average molecular weight is 368 g/mol. The van der Waals surface area contributed by atoms with Crippen LogP contribution in [0.5, 0.6) is 5.75 Å². The van der Waals surface area contributed by atoms with Crippen LogP contribution >= 0.6 is 0 Å². The second kappa shape index (κ2) is 8.84. The molecule has 0 bridgehead atoms. The standard InChI is InChI=1S/C20H20N2O5/c23-18(13-27-20(25)14-26-17-5-2-1-3-6-17)21-15-8-10-16(11-9-15)22-12-4-7-19(22)24/h1-3,5-6,8-11H,4,7,12-14H2,(H,21,23). The van der Waals surface area contributed by atoms with Gasteiger partial charge in [0.15, 0.2) is 13.2 Å². The first kappa shape index (κ1) is 18.4. The highest BCUT2D eigenvalue weighted by molar-refractivity contribution is 5.96. The van der Waals surface area contributed by atoms with Crippen molar-refractivity contribution in [2.45, 2.75) is 12.8 Å². The van der Waals surface area contributed by atoms with E-state index in [0.717, 1.165) is 12.1 Å². The van der Waals surface area contributed by atoms with Gasteiger partial charge in [0, 0.05) is 24.3 Å². The third kappa shape index (κ3) is 5.31. The van der Waals surface area contributed by atoms with E-state index in [2.05, 4.69) is 5.32 Å². The number of hydrogen-bond acceptors (Lipinski definition) is 5. The van der Waals surface area contributed by atoms with Gasteiger partial charge >= 0.3 is 5.97 Å². The summed E-state index contributed by atoms with van der Waals surface area (Å²) >= 11 is 0. The molecule has 0 unspecified atom stereocenters. The lowest BCUT2D eigenvalue weighted by Crippen LogP contribution is -2.24. The summed E-state index contributed by atoms with van der Waals surface area (Å²) in [5, 5.41) is 2.64. The van der Waals surface area contributed by atoms with E-state index in [9.17, 15) is 14.4 Å². The zero-order chi connectivity index (χ0) is 19.1. The van der Waals surface area contributed by atoms with Crippen molar-refractivity contribution in [1.82, 2.24) is 0 Å². The first-order chi connectivity index (χ1) is 13.1. The van der Waals surface area contributed by atoms with Crippen LogP contribution in [0.2, 0.25) is 0 Å². The second-order valence-electron chi connectivity index (χ2n) is 6.01. The zero-order valence-corrected chi connectivity index (χ0v) is 14.7. The predicted molar refractivity (Wildman–Crippen MR) is 99.6 cm³/mol.